The third-order valence-electron chi connectivity index (χ3n) is 7.51. The molecule has 6 nitrogen and oxygen atoms in total. The van der Waals surface area contributed by atoms with E-state index in [1.165, 1.54) is 0 Å². The second kappa shape index (κ2) is 10.5. The van der Waals surface area contributed by atoms with E-state index in [1.54, 1.807) is 9.80 Å². The zero-order chi connectivity index (χ0) is 25.1. The van der Waals surface area contributed by atoms with Crippen LogP contribution in [0.5, 0.6) is 0 Å². The van der Waals surface area contributed by atoms with Crippen LogP contribution >= 0.6 is 0 Å². The van der Waals surface area contributed by atoms with E-state index in [1.807, 2.05) is 73.7 Å². The van der Waals surface area contributed by atoms with Gasteiger partial charge in [0.1, 0.15) is 12.6 Å². The first-order valence-electron chi connectivity index (χ1n) is 13.0. The first kappa shape index (κ1) is 24.0. The summed E-state index contributed by atoms with van der Waals surface area (Å²) in [5.74, 6) is -0.469. The first-order chi connectivity index (χ1) is 17.6. The highest BCUT2D eigenvalue weighted by molar-refractivity contribution is 6.26. The normalized spacial score (nSPS) is 15.9. The van der Waals surface area contributed by atoms with E-state index in [4.69, 9.17) is 0 Å². The van der Waals surface area contributed by atoms with Gasteiger partial charge in [-0.05, 0) is 48.8 Å². The van der Waals surface area contributed by atoms with Crippen LogP contribution in [0, 0.1) is 0 Å². The minimum atomic E-state index is -0.572. The quantitative estimate of drug-likeness (QED) is 0.479. The Kier molecular flexibility index (Phi) is 7.03. The number of hydrogen-bond acceptors (Lipinski definition) is 3. The van der Waals surface area contributed by atoms with E-state index in [-0.39, 0.29) is 30.3 Å². The Morgan fingerprint density at radius 2 is 1.72 bits per heavy atom. The Morgan fingerprint density at radius 1 is 1.00 bits per heavy atom. The fraction of sp³-hybridized carbons (Fsp3) is 0.367. The molecule has 0 bridgehead atoms. The topological polar surface area (TPSA) is 69.7 Å². The van der Waals surface area contributed by atoms with Crippen molar-refractivity contribution in [2.45, 2.75) is 57.5 Å². The van der Waals surface area contributed by atoms with Gasteiger partial charge in [-0.1, -0.05) is 74.4 Å². The third kappa shape index (κ3) is 4.72. The maximum atomic E-state index is 13.8. The second-order valence-electron chi connectivity index (χ2n) is 9.81. The van der Waals surface area contributed by atoms with Gasteiger partial charge in [0.05, 0.1) is 5.69 Å². The van der Waals surface area contributed by atoms with Crippen molar-refractivity contribution in [3.63, 3.8) is 0 Å². The molecule has 1 aliphatic carbocycles. The number of nitrogens with zero attached hydrogens (tertiary/aromatic N) is 2. The number of hydrogen-bond donors (Lipinski definition) is 1. The molecule has 0 radical (unpaired) electrons. The molecule has 36 heavy (non-hydrogen) atoms. The Bertz CT molecular complexity index is 1260. The van der Waals surface area contributed by atoms with Crippen molar-refractivity contribution in [2.24, 2.45) is 0 Å². The van der Waals surface area contributed by atoms with Crippen LogP contribution in [0.15, 0.2) is 66.7 Å². The van der Waals surface area contributed by atoms with Crippen LogP contribution in [0.4, 0.5) is 5.69 Å². The lowest BCUT2D eigenvalue weighted by Crippen LogP contribution is -2.54. The summed E-state index contributed by atoms with van der Waals surface area (Å²) in [5.41, 5.74) is 2.49. The van der Waals surface area contributed by atoms with Crippen LogP contribution < -0.4 is 10.2 Å². The van der Waals surface area contributed by atoms with Crippen molar-refractivity contribution in [3.05, 3.63) is 77.9 Å². The zero-order valence-electron chi connectivity index (χ0n) is 20.8. The summed E-state index contributed by atoms with van der Waals surface area (Å²) in [4.78, 5) is 43.7. The van der Waals surface area contributed by atoms with E-state index in [0.717, 1.165) is 47.7 Å². The lowest BCUT2D eigenvalue weighted by atomic mass is 10.1. The van der Waals surface area contributed by atoms with Gasteiger partial charge in [-0.3, -0.25) is 19.3 Å². The largest absolute Gasteiger partial charge is 0.352 e. The number of benzene rings is 3. The molecule has 3 aromatic rings. The number of carbonyl (C=O) groups is 3. The summed E-state index contributed by atoms with van der Waals surface area (Å²) in [6.07, 6.45) is 5.39. The molecule has 1 fully saturated rings. The summed E-state index contributed by atoms with van der Waals surface area (Å²) < 4.78 is 0. The fourth-order valence-corrected chi connectivity index (χ4v) is 5.63. The highest BCUT2D eigenvalue weighted by atomic mass is 16.2. The van der Waals surface area contributed by atoms with E-state index in [2.05, 4.69) is 5.32 Å². The Hall–Kier alpha value is -3.67. The molecule has 0 saturated heterocycles. The van der Waals surface area contributed by atoms with Gasteiger partial charge in [-0.25, -0.2) is 0 Å². The van der Waals surface area contributed by atoms with Crippen LogP contribution in [0.1, 0.15) is 54.9 Å². The smallest absolute Gasteiger partial charge is 0.259 e. The van der Waals surface area contributed by atoms with Crippen LogP contribution in [-0.4, -0.2) is 47.8 Å². The highest BCUT2D eigenvalue weighted by Gasteiger charge is 2.35. The summed E-state index contributed by atoms with van der Waals surface area (Å²) in [6, 6.07) is 21.0. The van der Waals surface area contributed by atoms with Gasteiger partial charge >= 0.3 is 0 Å². The molecule has 3 aromatic carbocycles. The lowest BCUT2D eigenvalue weighted by molar-refractivity contribution is -0.139. The predicted molar refractivity (Wildman–Crippen MR) is 142 cm³/mol. The van der Waals surface area contributed by atoms with Crippen LogP contribution in [0.3, 0.4) is 0 Å². The number of amides is 3. The van der Waals surface area contributed by atoms with Gasteiger partial charge in [0.15, 0.2) is 0 Å². The molecule has 1 atom stereocenters. The fourth-order valence-electron chi connectivity index (χ4n) is 5.63. The summed E-state index contributed by atoms with van der Waals surface area (Å²) in [6.45, 7) is 2.27. The van der Waals surface area contributed by atoms with Gasteiger partial charge < -0.3 is 10.2 Å². The van der Waals surface area contributed by atoms with Crippen molar-refractivity contribution in [3.8, 4) is 0 Å². The molecule has 1 N–H and O–H groups in total. The predicted octanol–water partition coefficient (Wildman–Crippen LogP) is 4.71. The SMILES string of the molecule is CC[C@@H](C(=O)NC1CCCC1)N(CCc1ccccc1)C(=O)CN1C(=O)c2cccc3cccc1c23. The minimum absolute atomic E-state index is 0.0887. The average molecular weight is 484 g/mol. The monoisotopic (exact) mass is 483 g/mol. The van der Waals surface area contributed by atoms with Gasteiger partial charge in [-0.15, -0.1) is 0 Å². The van der Waals surface area contributed by atoms with Crippen LogP contribution in [-0.2, 0) is 16.0 Å². The van der Waals surface area contributed by atoms with E-state index in [9.17, 15) is 14.4 Å². The number of rotatable bonds is 9. The third-order valence-corrected chi connectivity index (χ3v) is 7.51. The zero-order valence-corrected chi connectivity index (χ0v) is 20.8. The maximum Gasteiger partial charge on any atom is 0.259 e. The summed E-state index contributed by atoms with van der Waals surface area (Å²) in [7, 11) is 0. The Morgan fingerprint density at radius 3 is 2.44 bits per heavy atom. The number of anilines is 1. The molecule has 1 aliphatic heterocycles. The molecule has 6 heteroatoms. The highest BCUT2D eigenvalue weighted by Crippen LogP contribution is 2.37. The van der Waals surface area contributed by atoms with Crippen molar-refractivity contribution in [1.82, 2.24) is 10.2 Å². The molecule has 1 saturated carbocycles. The number of carbonyl (C=O) groups excluding carboxylic acids is 3. The first-order valence-corrected chi connectivity index (χ1v) is 13.0. The molecular formula is C30H33N3O3. The molecule has 1 heterocycles. The molecule has 0 unspecified atom stereocenters. The standard InChI is InChI=1S/C30H33N3O3/c1-2-25(29(35)31-23-14-6-7-15-23)32(19-18-21-10-4-3-5-11-21)27(34)20-33-26-17-9-13-22-12-8-16-24(28(22)26)30(33)36/h3-5,8-13,16-17,23,25H,2,6-7,14-15,18-20H2,1H3,(H,31,35)/t25-/m0/s1. The summed E-state index contributed by atoms with van der Waals surface area (Å²) >= 11 is 0. The molecule has 0 spiro atoms. The van der Waals surface area contributed by atoms with Crippen LogP contribution in [0.25, 0.3) is 10.8 Å². The molecule has 186 valence electrons. The van der Waals surface area contributed by atoms with Crippen molar-refractivity contribution in [2.75, 3.05) is 18.0 Å². The molecule has 0 aromatic heterocycles. The summed E-state index contributed by atoms with van der Waals surface area (Å²) in [5, 5.41) is 5.05. The average Bonchev–Trinajstić information content (AvgIpc) is 3.50. The van der Waals surface area contributed by atoms with Crippen molar-refractivity contribution < 1.29 is 14.4 Å². The molecule has 3 amide bonds. The molecule has 2 aliphatic rings. The van der Waals surface area contributed by atoms with E-state index in [0.29, 0.717) is 24.9 Å². The van der Waals surface area contributed by atoms with Gasteiger partial charge in [0.2, 0.25) is 11.8 Å². The Labute approximate surface area is 212 Å². The van der Waals surface area contributed by atoms with E-state index < -0.39 is 6.04 Å². The number of nitrogens with one attached hydrogen (secondary N) is 1. The molecular weight excluding hydrogens is 450 g/mol. The van der Waals surface area contributed by atoms with Gasteiger partial charge in [0.25, 0.3) is 5.91 Å². The van der Waals surface area contributed by atoms with E-state index >= 15 is 0 Å². The minimum Gasteiger partial charge on any atom is -0.352 e. The Balaban J connectivity index is 1.39. The van der Waals surface area contributed by atoms with Crippen molar-refractivity contribution >= 4 is 34.2 Å². The van der Waals surface area contributed by atoms with Gasteiger partial charge in [0, 0.05) is 23.5 Å². The van der Waals surface area contributed by atoms with Crippen molar-refractivity contribution in [1.29, 1.82) is 0 Å². The van der Waals surface area contributed by atoms with Crippen LogP contribution in [0.2, 0.25) is 0 Å². The maximum absolute atomic E-state index is 13.8. The molecule has 5 rings (SSSR count). The second-order valence-corrected chi connectivity index (χ2v) is 9.81. The lowest BCUT2D eigenvalue weighted by Gasteiger charge is -2.33. The van der Waals surface area contributed by atoms with Gasteiger partial charge in [-0.2, -0.15) is 0 Å².